The van der Waals surface area contributed by atoms with Crippen LogP contribution in [0.15, 0.2) is 60.7 Å². The third-order valence-corrected chi connectivity index (χ3v) is 5.25. The SMILES string of the molecule is CN(C)CCCn1c(COc2cccc3ccccc23)nc2cc(C(F)(F)F)ccc21. The summed E-state index contributed by atoms with van der Waals surface area (Å²) in [4.78, 5) is 6.58. The molecule has 0 aliphatic rings. The Hall–Kier alpha value is -3.06. The summed E-state index contributed by atoms with van der Waals surface area (Å²) in [7, 11) is 3.98. The van der Waals surface area contributed by atoms with Crippen molar-refractivity contribution >= 4 is 21.8 Å². The molecular weight excluding hydrogens is 403 g/mol. The van der Waals surface area contributed by atoms with Gasteiger partial charge in [0.2, 0.25) is 0 Å². The lowest BCUT2D eigenvalue weighted by molar-refractivity contribution is -0.137. The van der Waals surface area contributed by atoms with Gasteiger partial charge in [-0.25, -0.2) is 4.98 Å². The Bertz CT molecular complexity index is 1190. The summed E-state index contributed by atoms with van der Waals surface area (Å²) in [5.74, 6) is 1.34. The van der Waals surface area contributed by atoms with Gasteiger partial charge in [-0.05, 0) is 56.7 Å². The monoisotopic (exact) mass is 427 g/mol. The van der Waals surface area contributed by atoms with Crippen molar-refractivity contribution in [3.63, 3.8) is 0 Å². The fourth-order valence-corrected chi connectivity index (χ4v) is 3.72. The zero-order valence-electron chi connectivity index (χ0n) is 17.5. The van der Waals surface area contributed by atoms with Gasteiger partial charge in [0.1, 0.15) is 18.2 Å². The number of ether oxygens (including phenoxy) is 1. The highest BCUT2D eigenvalue weighted by molar-refractivity contribution is 5.88. The van der Waals surface area contributed by atoms with E-state index in [9.17, 15) is 13.2 Å². The Balaban J connectivity index is 1.67. The second-order valence-electron chi connectivity index (χ2n) is 7.80. The molecule has 4 rings (SSSR count). The molecule has 0 saturated carbocycles. The van der Waals surface area contributed by atoms with Crippen LogP contribution in [0.4, 0.5) is 13.2 Å². The normalized spacial score (nSPS) is 12.2. The van der Waals surface area contributed by atoms with Gasteiger partial charge in [0.15, 0.2) is 0 Å². The van der Waals surface area contributed by atoms with Gasteiger partial charge in [-0.2, -0.15) is 13.2 Å². The standard InChI is InChI=1S/C24H24F3N3O/c1-29(2)13-6-14-30-21-12-11-18(24(25,26)27)15-20(21)28-23(30)16-31-22-10-5-8-17-7-3-4-9-19(17)22/h3-5,7-12,15H,6,13-14,16H2,1-2H3. The number of imidazole rings is 1. The summed E-state index contributed by atoms with van der Waals surface area (Å²) in [5, 5.41) is 2.05. The van der Waals surface area contributed by atoms with E-state index in [1.807, 2.05) is 61.1 Å². The lowest BCUT2D eigenvalue weighted by Gasteiger charge is -2.14. The Kier molecular flexibility index (Phi) is 5.87. The number of alkyl halides is 3. The molecule has 4 aromatic rings. The predicted molar refractivity (Wildman–Crippen MR) is 116 cm³/mol. The number of halogens is 3. The first-order chi connectivity index (χ1) is 14.8. The molecule has 0 bridgehead atoms. The number of fused-ring (bicyclic) bond motifs is 2. The number of aryl methyl sites for hydroxylation is 1. The van der Waals surface area contributed by atoms with E-state index in [0.717, 1.165) is 41.6 Å². The van der Waals surface area contributed by atoms with E-state index in [-0.39, 0.29) is 6.61 Å². The molecule has 0 N–H and O–H groups in total. The maximum Gasteiger partial charge on any atom is 0.416 e. The minimum absolute atomic E-state index is 0.173. The van der Waals surface area contributed by atoms with Crippen molar-refractivity contribution in [2.75, 3.05) is 20.6 Å². The van der Waals surface area contributed by atoms with Crippen molar-refractivity contribution in [1.82, 2.24) is 14.5 Å². The summed E-state index contributed by atoms with van der Waals surface area (Å²) >= 11 is 0. The first-order valence-corrected chi connectivity index (χ1v) is 10.1. The summed E-state index contributed by atoms with van der Waals surface area (Å²) < 4.78 is 47.5. The van der Waals surface area contributed by atoms with Crippen molar-refractivity contribution in [2.24, 2.45) is 0 Å². The fourth-order valence-electron chi connectivity index (χ4n) is 3.72. The molecule has 162 valence electrons. The second-order valence-corrected chi connectivity index (χ2v) is 7.80. The van der Waals surface area contributed by atoms with E-state index in [1.165, 1.54) is 6.07 Å². The summed E-state index contributed by atoms with van der Waals surface area (Å²) in [5.41, 5.74) is 0.318. The highest BCUT2D eigenvalue weighted by Gasteiger charge is 2.31. The van der Waals surface area contributed by atoms with Gasteiger partial charge in [-0.1, -0.05) is 36.4 Å². The first kappa shape index (κ1) is 21.2. The third kappa shape index (κ3) is 4.66. The molecule has 1 heterocycles. The molecule has 0 aliphatic heterocycles. The quantitative estimate of drug-likeness (QED) is 0.377. The van der Waals surface area contributed by atoms with Crippen LogP contribution in [0, 0.1) is 0 Å². The van der Waals surface area contributed by atoms with Gasteiger partial charge in [0, 0.05) is 11.9 Å². The summed E-state index contributed by atoms with van der Waals surface area (Å²) in [6.45, 7) is 1.68. The molecule has 0 aliphatic carbocycles. The smallest absolute Gasteiger partial charge is 0.416 e. The van der Waals surface area contributed by atoms with Crippen LogP contribution in [-0.4, -0.2) is 35.1 Å². The minimum atomic E-state index is -4.40. The molecule has 0 spiro atoms. The molecule has 0 unspecified atom stereocenters. The van der Waals surface area contributed by atoms with Crippen LogP contribution in [0.25, 0.3) is 21.8 Å². The van der Waals surface area contributed by atoms with Crippen LogP contribution in [0.3, 0.4) is 0 Å². The van der Waals surface area contributed by atoms with E-state index in [4.69, 9.17) is 4.74 Å². The maximum absolute atomic E-state index is 13.2. The number of rotatable bonds is 7. The van der Waals surface area contributed by atoms with Crippen LogP contribution < -0.4 is 4.74 Å². The average Bonchev–Trinajstić information content (AvgIpc) is 3.08. The summed E-state index contributed by atoms with van der Waals surface area (Å²) in [6, 6.07) is 17.5. The minimum Gasteiger partial charge on any atom is -0.485 e. The zero-order chi connectivity index (χ0) is 22.0. The van der Waals surface area contributed by atoms with Gasteiger partial charge >= 0.3 is 6.18 Å². The Labute approximate surface area is 178 Å². The lowest BCUT2D eigenvalue weighted by Crippen LogP contribution is -2.16. The van der Waals surface area contributed by atoms with E-state index < -0.39 is 11.7 Å². The van der Waals surface area contributed by atoms with Crippen molar-refractivity contribution in [1.29, 1.82) is 0 Å². The highest BCUT2D eigenvalue weighted by atomic mass is 19.4. The number of hydrogen-bond acceptors (Lipinski definition) is 3. The fraction of sp³-hybridized carbons (Fsp3) is 0.292. The molecule has 0 fully saturated rings. The van der Waals surface area contributed by atoms with Crippen molar-refractivity contribution in [3.05, 3.63) is 72.1 Å². The number of benzene rings is 3. The van der Waals surface area contributed by atoms with Gasteiger partial charge < -0.3 is 14.2 Å². The topological polar surface area (TPSA) is 30.3 Å². The Morgan fingerprint density at radius 2 is 1.77 bits per heavy atom. The molecule has 0 radical (unpaired) electrons. The molecule has 3 aromatic carbocycles. The first-order valence-electron chi connectivity index (χ1n) is 10.1. The van der Waals surface area contributed by atoms with Crippen LogP contribution in [-0.2, 0) is 19.3 Å². The molecule has 0 amide bonds. The molecule has 7 heteroatoms. The van der Waals surface area contributed by atoms with E-state index in [1.54, 1.807) is 0 Å². The maximum atomic E-state index is 13.2. The van der Waals surface area contributed by atoms with Gasteiger partial charge in [-0.3, -0.25) is 0 Å². The van der Waals surface area contributed by atoms with Crippen LogP contribution in [0.1, 0.15) is 17.8 Å². The molecule has 4 nitrogen and oxygen atoms in total. The van der Waals surface area contributed by atoms with Gasteiger partial charge in [0.25, 0.3) is 0 Å². The van der Waals surface area contributed by atoms with Crippen LogP contribution in [0.2, 0.25) is 0 Å². The highest BCUT2D eigenvalue weighted by Crippen LogP contribution is 2.32. The molecule has 0 saturated heterocycles. The zero-order valence-corrected chi connectivity index (χ0v) is 17.5. The van der Waals surface area contributed by atoms with E-state index >= 15 is 0 Å². The van der Waals surface area contributed by atoms with Crippen LogP contribution in [0.5, 0.6) is 5.75 Å². The van der Waals surface area contributed by atoms with Gasteiger partial charge in [-0.15, -0.1) is 0 Å². The van der Waals surface area contributed by atoms with Crippen LogP contribution >= 0.6 is 0 Å². The second kappa shape index (κ2) is 8.59. The average molecular weight is 427 g/mol. The van der Waals surface area contributed by atoms with Crippen molar-refractivity contribution in [3.8, 4) is 5.75 Å². The molecule has 1 aromatic heterocycles. The number of hydrogen-bond donors (Lipinski definition) is 0. The van der Waals surface area contributed by atoms with E-state index in [0.29, 0.717) is 23.4 Å². The Morgan fingerprint density at radius 3 is 2.55 bits per heavy atom. The number of aromatic nitrogens is 2. The molecule has 31 heavy (non-hydrogen) atoms. The van der Waals surface area contributed by atoms with E-state index in [2.05, 4.69) is 9.88 Å². The molecule has 0 atom stereocenters. The Morgan fingerprint density at radius 1 is 1.00 bits per heavy atom. The molecular formula is C24H24F3N3O. The lowest BCUT2D eigenvalue weighted by atomic mass is 10.1. The van der Waals surface area contributed by atoms with Crippen molar-refractivity contribution in [2.45, 2.75) is 25.7 Å². The summed E-state index contributed by atoms with van der Waals surface area (Å²) in [6.07, 6.45) is -3.55. The van der Waals surface area contributed by atoms with Gasteiger partial charge in [0.05, 0.1) is 16.6 Å². The third-order valence-electron chi connectivity index (χ3n) is 5.25. The largest absolute Gasteiger partial charge is 0.485 e. The predicted octanol–water partition coefficient (Wildman–Crippen LogP) is 5.74. The number of nitrogens with zero attached hydrogens (tertiary/aromatic N) is 3. The van der Waals surface area contributed by atoms with Crippen molar-refractivity contribution < 1.29 is 17.9 Å².